The molecule has 0 aliphatic rings. The van der Waals surface area contributed by atoms with Crippen molar-refractivity contribution in [3.63, 3.8) is 0 Å². The Morgan fingerprint density at radius 2 is 2.16 bits per heavy atom. The van der Waals surface area contributed by atoms with Crippen LogP contribution in [0.1, 0.15) is 18.0 Å². The molecule has 1 rings (SSSR count). The molecule has 0 saturated carbocycles. The topological polar surface area (TPSA) is 66.6 Å². The molecule has 7 heteroatoms. The molecular weight excluding hydrogens is 274 g/mol. The number of carbonyl (C=O) groups is 1. The van der Waals surface area contributed by atoms with Crippen LogP contribution in [0.2, 0.25) is 0 Å². The molecule has 0 aliphatic carbocycles. The number of likely N-dealkylation sites (N-methyl/N-ethyl adjacent to an activating group) is 1. The van der Waals surface area contributed by atoms with Crippen LogP contribution < -0.4 is 5.73 Å². The average Bonchev–Trinajstić information content (AvgIpc) is 2.29. The van der Waals surface area contributed by atoms with Gasteiger partial charge in [0.2, 0.25) is 0 Å². The predicted octanol–water partition coefficient (Wildman–Crippen LogP) is 1.70. The molecule has 1 aromatic carbocycles. The van der Waals surface area contributed by atoms with Gasteiger partial charge in [0.1, 0.15) is 11.6 Å². The van der Waals surface area contributed by atoms with Gasteiger partial charge in [0, 0.05) is 18.2 Å². The van der Waals surface area contributed by atoms with Crippen molar-refractivity contribution in [2.24, 2.45) is 5.73 Å². The quantitative estimate of drug-likeness (QED) is 0.780. The molecule has 0 fully saturated rings. The fourth-order valence-electron chi connectivity index (χ4n) is 1.73. The molecule has 3 N–H and O–H groups in total. The van der Waals surface area contributed by atoms with Crippen molar-refractivity contribution in [3.05, 3.63) is 35.4 Å². The normalized spacial score (nSPS) is 12.4. The highest BCUT2D eigenvalue weighted by molar-refractivity contribution is 7.80. The van der Waals surface area contributed by atoms with E-state index >= 15 is 0 Å². The molecule has 4 nitrogen and oxygen atoms in total. The standard InChI is InChI=1S/C12H14F2N2O2S/c1-16(5-4-10(17)18)11(12(15)19)8-3-2-7(13)6-9(8)14/h2-3,6,11H,4-5H2,1H3,(H2,15,19)(H,17,18). The van der Waals surface area contributed by atoms with Crippen LogP contribution in [0.4, 0.5) is 8.78 Å². The minimum atomic E-state index is -0.979. The molecule has 0 spiro atoms. The summed E-state index contributed by atoms with van der Waals surface area (Å²) in [6.45, 7) is 0.147. The number of benzene rings is 1. The monoisotopic (exact) mass is 288 g/mol. The second kappa shape index (κ2) is 6.53. The number of aliphatic carboxylic acids is 1. The molecule has 1 atom stereocenters. The van der Waals surface area contributed by atoms with E-state index in [0.29, 0.717) is 0 Å². The van der Waals surface area contributed by atoms with Crippen molar-refractivity contribution in [2.75, 3.05) is 13.6 Å². The van der Waals surface area contributed by atoms with Crippen LogP contribution in [0, 0.1) is 11.6 Å². The largest absolute Gasteiger partial charge is 0.481 e. The molecule has 0 bridgehead atoms. The van der Waals surface area contributed by atoms with Gasteiger partial charge in [-0.25, -0.2) is 8.78 Å². The van der Waals surface area contributed by atoms with Gasteiger partial charge in [0.15, 0.2) is 0 Å². The molecule has 0 aliphatic heterocycles. The minimum Gasteiger partial charge on any atom is -0.481 e. The van der Waals surface area contributed by atoms with Crippen molar-refractivity contribution >= 4 is 23.2 Å². The first-order valence-electron chi connectivity index (χ1n) is 5.49. The van der Waals surface area contributed by atoms with E-state index in [0.717, 1.165) is 12.1 Å². The van der Waals surface area contributed by atoms with Crippen molar-refractivity contribution in [2.45, 2.75) is 12.5 Å². The molecule has 1 unspecified atom stereocenters. The lowest BCUT2D eigenvalue weighted by molar-refractivity contribution is -0.137. The zero-order valence-electron chi connectivity index (χ0n) is 10.3. The van der Waals surface area contributed by atoms with Crippen LogP contribution in [0.3, 0.4) is 0 Å². The van der Waals surface area contributed by atoms with E-state index in [1.54, 1.807) is 7.05 Å². The number of thiocarbonyl (C=S) groups is 1. The highest BCUT2D eigenvalue weighted by atomic mass is 32.1. The Bertz CT molecular complexity index is 497. The smallest absolute Gasteiger partial charge is 0.304 e. The second-order valence-electron chi connectivity index (χ2n) is 4.10. The Kier molecular flexibility index (Phi) is 5.31. The van der Waals surface area contributed by atoms with E-state index in [2.05, 4.69) is 0 Å². The first-order valence-corrected chi connectivity index (χ1v) is 5.90. The van der Waals surface area contributed by atoms with Crippen molar-refractivity contribution in [1.82, 2.24) is 4.90 Å². The van der Waals surface area contributed by atoms with Gasteiger partial charge in [-0.1, -0.05) is 18.3 Å². The third-order valence-electron chi connectivity index (χ3n) is 2.65. The molecule has 0 heterocycles. The number of rotatable bonds is 6. The van der Waals surface area contributed by atoms with Crippen molar-refractivity contribution < 1.29 is 18.7 Å². The Morgan fingerprint density at radius 3 is 2.63 bits per heavy atom. The van der Waals surface area contributed by atoms with Gasteiger partial charge in [-0.15, -0.1) is 0 Å². The summed E-state index contributed by atoms with van der Waals surface area (Å²) in [5.41, 5.74) is 5.69. The summed E-state index contributed by atoms with van der Waals surface area (Å²) in [5.74, 6) is -2.44. The lowest BCUT2D eigenvalue weighted by Gasteiger charge is -2.27. The van der Waals surface area contributed by atoms with E-state index in [-0.39, 0.29) is 23.5 Å². The fraction of sp³-hybridized carbons (Fsp3) is 0.333. The van der Waals surface area contributed by atoms with Gasteiger partial charge in [0.25, 0.3) is 0 Å². The van der Waals surface area contributed by atoms with Gasteiger partial charge < -0.3 is 10.8 Å². The average molecular weight is 288 g/mol. The van der Waals surface area contributed by atoms with Crippen LogP contribution in [-0.2, 0) is 4.79 Å². The van der Waals surface area contributed by atoms with E-state index in [1.165, 1.54) is 11.0 Å². The first kappa shape index (κ1) is 15.5. The van der Waals surface area contributed by atoms with Crippen LogP contribution in [0.15, 0.2) is 18.2 Å². The summed E-state index contributed by atoms with van der Waals surface area (Å²) in [6.07, 6.45) is -0.127. The first-order chi connectivity index (χ1) is 8.82. The number of carboxylic acid groups (broad SMARTS) is 1. The predicted molar refractivity (Wildman–Crippen MR) is 70.8 cm³/mol. The molecule has 0 amide bonds. The van der Waals surface area contributed by atoms with Gasteiger partial charge >= 0.3 is 5.97 Å². The summed E-state index contributed by atoms with van der Waals surface area (Å²) in [4.78, 5) is 12.0. The molecule has 1 aromatic rings. The Balaban J connectivity index is 3.00. The Hall–Kier alpha value is -1.60. The lowest BCUT2D eigenvalue weighted by atomic mass is 10.0. The maximum absolute atomic E-state index is 13.7. The third kappa shape index (κ3) is 4.22. The molecule has 0 radical (unpaired) electrons. The third-order valence-corrected chi connectivity index (χ3v) is 2.87. The lowest BCUT2D eigenvalue weighted by Crippen LogP contribution is -2.36. The fourth-order valence-corrected chi connectivity index (χ4v) is 2.04. The summed E-state index contributed by atoms with van der Waals surface area (Å²) < 4.78 is 26.6. The summed E-state index contributed by atoms with van der Waals surface area (Å²) in [6, 6.07) is 2.33. The van der Waals surface area contributed by atoms with Gasteiger partial charge in [-0.3, -0.25) is 9.69 Å². The summed E-state index contributed by atoms with van der Waals surface area (Å²) in [5, 5.41) is 8.63. The van der Waals surface area contributed by atoms with Crippen LogP contribution in [0.25, 0.3) is 0 Å². The zero-order chi connectivity index (χ0) is 14.6. The van der Waals surface area contributed by atoms with E-state index in [1.807, 2.05) is 0 Å². The minimum absolute atomic E-state index is 0.00148. The van der Waals surface area contributed by atoms with E-state index in [4.69, 9.17) is 23.1 Å². The van der Waals surface area contributed by atoms with Gasteiger partial charge in [-0.05, 0) is 13.1 Å². The molecule has 0 saturated heterocycles. The number of nitrogens with zero attached hydrogens (tertiary/aromatic N) is 1. The number of carboxylic acids is 1. The molecule has 19 heavy (non-hydrogen) atoms. The van der Waals surface area contributed by atoms with Crippen LogP contribution >= 0.6 is 12.2 Å². The SMILES string of the molecule is CN(CCC(=O)O)C(C(N)=S)c1ccc(F)cc1F. The highest BCUT2D eigenvalue weighted by Crippen LogP contribution is 2.23. The van der Waals surface area contributed by atoms with E-state index in [9.17, 15) is 13.6 Å². The van der Waals surface area contributed by atoms with Crippen molar-refractivity contribution in [1.29, 1.82) is 0 Å². The Morgan fingerprint density at radius 1 is 1.53 bits per heavy atom. The van der Waals surface area contributed by atoms with Crippen molar-refractivity contribution in [3.8, 4) is 0 Å². The van der Waals surface area contributed by atoms with E-state index < -0.39 is 23.6 Å². The molecular formula is C12H14F2N2O2S. The highest BCUT2D eigenvalue weighted by Gasteiger charge is 2.23. The number of nitrogens with two attached hydrogens (primary N) is 1. The number of hydrogen-bond donors (Lipinski definition) is 2. The zero-order valence-corrected chi connectivity index (χ0v) is 11.1. The van der Waals surface area contributed by atoms with Gasteiger partial charge in [-0.2, -0.15) is 0 Å². The molecule has 0 aromatic heterocycles. The number of hydrogen-bond acceptors (Lipinski definition) is 3. The summed E-state index contributed by atoms with van der Waals surface area (Å²) in [7, 11) is 1.58. The molecule has 104 valence electrons. The number of halogens is 2. The Labute approximate surface area is 114 Å². The maximum Gasteiger partial charge on any atom is 0.304 e. The van der Waals surface area contributed by atoms with Crippen LogP contribution in [-0.4, -0.2) is 34.6 Å². The van der Waals surface area contributed by atoms with Crippen LogP contribution in [0.5, 0.6) is 0 Å². The maximum atomic E-state index is 13.7. The second-order valence-corrected chi connectivity index (χ2v) is 4.57. The van der Waals surface area contributed by atoms with Gasteiger partial charge in [0.05, 0.1) is 17.5 Å². The summed E-state index contributed by atoms with van der Waals surface area (Å²) >= 11 is 4.88.